The molecule has 5 nitrogen and oxygen atoms in total. The van der Waals surface area contributed by atoms with Crippen LogP contribution in [0.1, 0.15) is 31.2 Å². The Bertz CT molecular complexity index is 616. The quantitative estimate of drug-likeness (QED) is 0.889. The topological polar surface area (TPSA) is 85.6 Å². The van der Waals surface area contributed by atoms with Crippen LogP contribution >= 0.6 is 11.6 Å². The first-order valence-corrected chi connectivity index (χ1v) is 7.01. The Morgan fingerprint density at radius 2 is 2.05 bits per heavy atom. The zero-order valence-corrected chi connectivity index (χ0v) is 12.7. The molecule has 0 aliphatic heterocycles. The lowest BCUT2D eigenvalue weighted by Crippen LogP contribution is -2.35. The van der Waals surface area contributed by atoms with Crippen LogP contribution in [0.25, 0.3) is 0 Å². The van der Waals surface area contributed by atoms with E-state index in [1.165, 1.54) is 6.33 Å². The molecule has 21 heavy (non-hydrogen) atoms. The second kappa shape index (κ2) is 6.25. The fourth-order valence-corrected chi connectivity index (χ4v) is 2.32. The Morgan fingerprint density at radius 1 is 1.38 bits per heavy atom. The van der Waals surface area contributed by atoms with Crippen molar-refractivity contribution in [2.75, 3.05) is 0 Å². The van der Waals surface area contributed by atoms with Crippen LogP contribution < -0.4 is 0 Å². The number of halogens is 1. The van der Waals surface area contributed by atoms with Gasteiger partial charge in [0.05, 0.1) is 23.5 Å². The lowest BCUT2D eigenvalue weighted by atomic mass is 9.78. The maximum Gasteiger partial charge on any atom is 0.137 e. The van der Waals surface area contributed by atoms with E-state index in [0.717, 1.165) is 5.56 Å². The van der Waals surface area contributed by atoms with Crippen LogP contribution in [-0.4, -0.2) is 26.4 Å². The van der Waals surface area contributed by atoms with Crippen molar-refractivity contribution < 1.29 is 5.11 Å². The number of aliphatic hydroxyl groups is 1. The number of benzene rings is 1. The number of aromatic amines is 1. The summed E-state index contributed by atoms with van der Waals surface area (Å²) in [5, 5.41) is 27.1. The third-order valence-electron chi connectivity index (χ3n) is 3.56. The molecular weight excluding hydrogens is 288 g/mol. The zero-order chi connectivity index (χ0) is 15.5. The van der Waals surface area contributed by atoms with Crippen LogP contribution in [0, 0.1) is 16.7 Å². The molecule has 1 aromatic carbocycles. The van der Waals surface area contributed by atoms with Gasteiger partial charge in [-0.1, -0.05) is 23.7 Å². The van der Waals surface area contributed by atoms with Crippen LogP contribution in [0.15, 0.2) is 30.6 Å². The molecule has 2 aromatic rings. The largest absolute Gasteiger partial charge is 0.391 e. The summed E-state index contributed by atoms with van der Waals surface area (Å²) >= 11 is 5.88. The van der Waals surface area contributed by atoms with Crippen molar-refractivity contribution in [3.8, 4) is 6.07 Å². The summed E-state index contributed by atoms with van der Waals surface area (Å²) in [7, 11) is 0. The lowest BCUT2D eigenvalue weighted by Gasteiger charge is -2.29. The molecule has 2 atom stereocenters. The highest BCUT2D eigenvalue weighted by Crippen LogP contribution is 2.32. The molecule has 1 aromatic heterocycles. The standard InChI is InChI=1S/C15H17ClN4O/c1-15(2,8-17)13(21)12(14-18-9-19-20-14)7-10-3-5-11(16)6-4-10/h3-6,9,12-13,21H,7H2,1-2H3,(H,18,19,20). The number of H-pyrrole nitrogens is 1. The predicted molar refractivity (Wildman–Crippen MR) is 79.7 cm³/mol. The molecule has 2 unspecified atom stereocenters. The number of hydrogen-bond acceptors (Lipinski definition) is 4. The monoisotopic (exact) mass is 304 g/mol. The van der Waals surface area contributed by atoms with Crippen molar-refractivity contribution in [1.82, 2.24) is 15.2 Å². The van der Waals surface area contributed by atoms with Crippen LogP contribution in [0.2, 0.25) is 5.02 Å². The molecule has 0 aliphatic rings. The molecule has 0 bridgehead atoms. The molecule has 110 valence electrons. The van der Waals surface area contributed by atoms with E-state index >= 15 is 0 Å². The van der Waals surface area contributed by atoms with E-state index in [9.17, 15) is 10.4 Å². The van der Waals surface area contributed by atoms with Crippen LogP contribution in [-0.2, 0) is 6.42 Å². The minimum absolute atomic E-state index is 0.344. The minimum atomic E-state index is -0.885. The van der Waals surface area contributed by atoms with Gasteiger partial charge in [0.25, 0.3) is 0 Å². The number of hydrogen-bond donors (Lipinski definition) is 2. The first-order chi connectivity index (χ1) is 9.94. The summed E-state index contributed by atoms with van der Waals surface area (Å²) in [5.74, 6) is 0.226. The number of nitrogens with one attached hydrogen (secondary N) is 1. The van der Waals surface area contributed by atoms with Gasteiger partial charge in [0.15, 0.2) is 0 Å². The van der Waals surface area contributed by atoms with Crippen molar-refractivity contribution >= 4 is 11.6 Å². The Labute approximate surface area is 128 Å². The van der Waals surface area contributed by atoms with Gasteiger partial charge in [-0.3, -0.25) is 5.10 Å². The molecule has 0 saturated heterocycles. The number of aromatic nitrogens is 3. The van der Waals surface area contributed by atoms with Gasteiger partial charge >= 0.3 is 0 Å². The highest BCUT2D eigenvalue weighted by atomic mass is 35.5. The Kier molecular flexibility index (Phi) is 4.61. The van der Waals surface area contributed by atoms with Crippen LogP contribution in [0.5, 0.6) is 0 Å². The third-order valence-corrected chi connectivity index (χ3v) is 3.81. The summed E-state index contributed by atoms with van der Waals surface area (Å²) < 4.78 is 0. The average Bonchev–Trinajstić information content (AvgIpc) is 3.00. The molecule has 0 fully saturated rings. The fourth-order valence-electron chi connectivity index (χ4n) is 2.19. The van der Waals surface area contributed by atoms with Crippen molar-refractivity contribution in [3.05, 3.63) is 47.0 Å². The zero-order valence-electron chi connectivity index (χ0n) is 11.9. The highest BCUT2D eigenvalue weighted by Gasteiger charge is 2.36. The Morgan fingerprint density at radius 3 is 2.57 bits per heavy atom. The number of nitrogens with zero attached hydrogens (tertiary/aromatic N) is 3. The Balaban J connectivity index is 2.29. The smallest absolute Gasteiger partial charge is 0.137 e. The normalized spacial score (nSPS) is 14.4. The molecule has 2 rings (SSSR count). The molecular formula is C15H17ClN4O. The van der Waals surface area contributed by atoms with Crippen LogP contribution in [0.3, 0.4) is 0 Å². The molecule has 2 N–H and O–H groups in total. The van der Waals surface area contributed by atoms with E-state index in [4.69, 9.17) is 11.6 Å². The van der Waals surface area contributed by atoms with Crippen molar-refractivity contribution in [2.24, 2.45) is 5.41 Å². The van der Waals surface area contributed by atoms with E-state index in [-0.39, 0.29) is 5.92 Å². The summed E-state index contributed by atoms with van der Waals surface area (Å²) in [4.78, 5) is 4.14. The van der Waals surface area contributed by atoms with Crippen molar-refractivity contribution in [2.45, 2.75) is 32.3 Å². The number of rotatable bonds is 5. The molecule has 0 spiro atoms. The predicted octanol–water partition coefficient (Wildman–Crippen LogP) is 2.70. The van der Waals surface area contributed by atoms with Gasteiger partial charge in [-0.2, -0.15) is 10.4 Å². The van der Waals surface area contributed by atoms with Crippen LogP contribution in [0.4, 0.5) is 0 Å². The summed E-state index contributed by atoms with van der Waals surface area (Å²) in [6.07, 6.45) is 1.07. The lowest BCUT2D eigenvalue weighted by molar-refractivity contribution is 0.0574. The summed E-state index contributed by atoms with van der Waals surface area (Å²) in [6, 6.07) is 9.55. The minimum Gasteiger partial charge on any atom is -0.391 e. The van der Waals surface area contributed by atoms with E-state index < -0.39 is 11.5 Å². The van der Waals surface area contributed by atoms with Gasteiger partial charge in [0, 0.05) is 5.02 Å². The molecule has 0 radical (unpaired) electrons. The Hall–Kier alpha value is -1.90. The molecule has 6 heteroatoms. The second-order valence-electron chi connectivity index (χ2n) is 5.59. The second-order valence-corrected chi connectivity index (χ2v) is 6.02. The fraction of sp³-hybridized carbons (Fsp3) is 0.400. The summed E-state index contributed by atoms with van der Waals surface area (Å²) in [5.41, 5.74) is 0.123. The van der Waals surface area contributed by atoms with E-state index in [1.54, 1.807) is 26.0 Å². The van der Waals surface area contributed by atoms with Gasteiger partial charge < -0.3 is 5.11 Å². The molecule has 0 amide bonds. The van der Waals surface area contributed by atoms with Gasteiger partial charge in [0.2, 0.25) is 0 Å². The third kappa shape index (κ3) is 3.60. The van der Waals surface area contributed by atoms with E-state index in [0.29, 0.717) is 17.3 Å². The molecule has 1 heterocycles. The first kappa shape index (κ1) is 15.5. The van der Waals surface area contributed by atoms with E-state index in [1.807, 2.05) is 12.1 Å². The average molecular weight is 305 g/mol. The molecule has 0 aliphatic carbocycles. The van der Waals surface area contributed by atoms with E-state index in [2.05, 4.69) is 21.3 Å². The van der Waals surface area contributed by atoms with Gasteiger partial charge in [-0.05, 0) is 38.0 Å². The van der Waals surface area contributed by atoms with Crippen molar-refractivity contribution in [3.63, 3.8) is 0 Å². The number of aliphatic hydroxyl groups excluding tert-OH is 1. The maximum absolute atomic E-state index is 10.6. The van der Waals surface area contributed by atoms with Gasteiger partial charge in [-0.25, -0.2) is 4.98 Å². The van der Waals surface area contributed by atoms with Crippen molar-refractivity contribution in [1.29, 1.82) is 5.26 Å². The molecule has 0 saturated carbocycles. The SMILES string of the molecule is CC(C)(C#N)C(O)C(Cc1ccc(Cl)cc1)c1ncn[nH]1. The highest BCUT2D eigenvalue weighted by molar-refractivity contribution is 6.30. The maximum atomic E-state index is 10.6. The van der Waals surface area contributed by atoms with Gasteiger partial charge in [0.1, 0.15) is 12.2 Å². The first-order valence-electron chi connectivity index (χ1n) is 6.63. The number of nitriles is 1. The summed E-state index contributed by atoms with van der Waals surface area (Å²) in [6.45, 7) is 3.42. The van der Waals surface area contributed by atoms with Gasteiger partial charge in [-0.15, -0.1) is 0 Å².